The Labute approximate surface area is 178 Å². The number of nitrogens with one attached hydrogen (secondary N) is 2. The largest absolute Gasteiger partial charge is 0.489 e. The first-order chi connectivity index (χ1) is 14.5. The van der Waals surface area contributed by atoms with Gasteiger partial charge in [-0.05, 0) is 59.7 Å². The fourth-order valence-corrected chi connectivity index (χ4v) is 2.67. The van der Waals surface area contributed by atoms with Crippen molar-refractivity contribution in [1.82, 2.24) is 5.43 Å². The Morgan fingerprint density at radius 1 is 1.03 bits per heavy atom. The summed E-state index contributed by atoms with van der Waals surface area (Å²) in [5, 5.41) is 15.9. The molecule has 0 fully saturated rings. The van der Waals surface area contributed by atoms with Gasteiger partial charge in [-0.3, -0.25) is 0 Å². The Kier molecular flexibility index (Phi) is 7.02. The van der Waals surface area contributed by atoms with E-state index in [4.69, 9.17) is 21.4 Å². The maximum atomic E-state index is 11.8. The second-order valence-electron chi connectivity index (χ2n) is 6.17. The Morgan fingerprint density at radius 3 is 2.53 bits per heavy atom. The SMILES string of the molecule is O=C(N/N=C\c1ccc(OCc2cccc(C(=O)O)c2)cc1)Nc1ccccc1Cl. The van der Waals surface area contributed by atoms with Crippen molar-refractivity contribution in [2.24, 2.45) is 5.10 Å². The van der Waals surface area contributed by atoms with Crippen LogP contribution in [0.5, 0.6) is 5.75 Å². The number of hydrazone groups is 1. The number of ether oxygens (including phenoxy) is 1. The van der Waals surface area contributed by atoms with Gasteiger partial charge < -0.3 is 15.2 Å². The smallest absolute Gasteiger partial charge is 0.339 e. The zero-order valence-electron chi connectivity index (χ0n) is 15.7. The lowest BCUT2D eigenvalue weighted by molar-refractivity contribution is 0.0696. The van der Waals surface area contributed by atoms with Gasteiger partial charge in [-0.15, -0.1) is 0 Å². The van der Waals surface area contributed by atoms with Crippen molar-refractivity contribution in [1.29, 1.82) is 0 Å². The summed E-state index contributed by atoms with van der Waals surface area (Å²) in [6.45, 7) is 0.248. The number of aromatic carboxylic acids is 1. The number of carboxylic acids is 1. The van der Waals surface area contributed by atoms with Crippen LogP contribution in [0.25, 0.3) is 0 Å². The van der Waals surface area contributed by atoms with Crippen LogP contribution in [0.4, 0.5) is 10.5 Å². The monoisotopic (exact) mass is 423 g/mol. The molecule has 2 amide bonds. The molecule has 3 aromatic carbocycles. The number of rotatable bonds is 7. The van der Waals surface area contributed by atoms with Crippen LogP contribution >= 0.6 is 11.6 Å². The molecular formula is C22H18ClN3O4. The second kappa shape index (κ2) is 10.1. The summed E-state index contributed by atoms with van der Waals surface area (Å²) in [6, 6.07) is 20.0. The van der Waals surface area contributed by atoms with Gasteiger partial charge in [-0.2, -0.15) is 5.10 Å². The highest BCUT2D eigenvalue weighted by molar-refractivity contribution is 6.33. The molecule has 0 bridgehead atoms. The number of halogens is 1. The molecule has 0 saturated heterocycles. The first kappa shape index (κ1) is 20.9. The molecule has 0 radical (unpaired) electrons. The van der Waals surface area contributed by atoms with E-state index in [1.807, 2.05) is 0 Å². The molecule has 0 aliphatic carbocycles. The summed E-state index contributed by atoms with van der Waals surface area (Å²) in [5.41, 5.74) is 4.58. The van der Waals surface area contributed by atoms with Gasteiger partial charge in [-0.1, -0.05) is 35.9 Å². The zero-order chi connectivity index (χ0) is 21.3. The number of carbonyl (C=O) groups excluding carboxylic acids is 1. The Hall–Kier alpha value is -3.84. The van der Waals surface area contributed by atoms with Crippen LogP contribution in [0, 0.1) is 0 Å². The molecule has 0 spiro atoms. The average Bonchev–Trinajstić information content (AvgIpc) is 2.75. The lowest BCUT2D eigenvalue weighted by atomic mass is 10.1. The van der Waals surface area contributed by atoms with Crippen molar-refractivity contribution in [2.45, 2.75) is 6.61 Å². The molecule has 0 heterocycles. The van der Waals surface area contributed by atoms with Gasteiger partial charge in [0.2, 0.25) is 0 Å². The van der Waals surface area contributed by atoms with Gasteiger partial charge in [0.05, 0.1) is 22.5 Å². The Balaban J connectivity index is 1.49. The Morgan fingerprint density at radius 2 is 1.80 bits per heavy atom. The minimum atomic E-state index is -0.977. The van der Waals surface area contributed by atoms with E-state index in [1.54, 1.807) is 66.7 Å². The highest BCUT2D eigenvalue weighted by Gasteiger charge is 2.04. The van der Waals surface area contributed by atoms with Crippen LogP contribution in [-0.4, -0.2) is 23.3 Å². The first-order valence-electron chi connectivity index (χ1n) is 8.91. The van der Waals surface area contributed by atoms with Gasteiger partial charge >= 0.3 is 12.0 Å². The number of para-hydroxylation sites is 1. The summed E-state index contributed by atoms with van der Waals surface area (Å²) in [6.07, 6.45) is 1.49. The standard InChI is InChI=1S/C22H18ClN3O4/c23-19-6-1-2-7-20(19)25-22(29)26-24-13-15-8-10-18(11-9-15)30-14-16-4-3-5-17(12-16)21(27)28/h1-13H,14H2,(H,27,28)(H2,25,26,29)/b24-13-. The van der Waals surface area contributed by atoms with Gasteiger partial charge in [-0.25, -0.2) is 15.0 Å². The summed E-state index contributed by atoms with van der Waals surface area (Å²) >= 11 is 5.98. The van der Waals surface area contributed by atoms with E-state index in [1.165, 1.54) is 12.3 Å². The fourth-order valence-electron chi connectivity index (χ4n) is 2.49. The van der Waals surface area contributed by atoms with Gasteiger partial charge in [0, 0.05) is 0 Å². The minimum absolute atomic E-state index is 0.216. The molecule has 3 aromatic rings. The van der Waals surface area contributed by atoms with E-state index in [2.05, 4.69) is 15.8 Å². The normalized spacial score (nSPS) is 10.6. The molecule has 0 aromatic heterocycles. The van der Waals surface area contributed by atoms with Crippen molar-refractivity contribution in [3.63, 3.8) is 0 Å². The minimum Gasteiger partial charge on any atom is -0.489 e. The third-order valence-corrected chi connectivity index (χ3v) is 4.29. The number of amides is 2. The number of hydrogen-bond acceptors (Lipinski definition) is 4. The molecular weight excluding hydrogens is 406 g/mol. The fraction of sp³-hybridized carbons (Fsp3) is 0.0455. The lowest BCUT2D eigenvalue weighted by Gasteiger charge is -2.07. The Bertz CT molecular complexity index is 1070. The number of urea groups is 1. The van der Waals surface area contributed by atoms with Crippen LogP contribution < -0.4 is 15.5 Å². The number of anilines is 1. The predicted octanol–water partition coefficient (Wildman–Crippen LogP) is 4.77. The molecule has 0 saturated carbocycles. The second-order valence-corrected chi connectivity index (χ2v) is 6.57. The van der Waals surface area contributed by atoms with Gasteiger partial charge in [0.15, 0.2) is 0 Å². The van der Waals surface area contributed by atoms with E-state index in [9.17, 15) is 9.59 Å². The summed E-state index contributed by atoms with van der Waals surface area (Å²) in [5.74, 6) is -0.355. The van der Waals surface area contributed by atoms with Crippen molar-refractivity contribution in [3.05, 3.63) is 94.5 Å². The average molecular weight is 424 g/mol. The van der Waals surface area contributed by atoms with Crippen LogP contribution in [0.2, 0.25) is 5.02 Å². The molecule has 0 aliphatic heterocycles. The number of nitrogens with zero attached hydrogens (tertiary/aromatic N) is 1. The molecule has 8 heteroatoms. The molecule has 0 atom stereocenters. The van der Waals surface area contributed by atoms with E-state index in [0.29, 0.717) is 16.5 Å². The van der Waals surface area contributed by atoms with E-state index in [0.717, 1.165) is 11.1 Å². The van der Waals surface area contributed by atoms with Crippen molar-refractivity contribution >= 4 is 35.5 Å². The maximum Gasteiger partial charge on any atom is 0.339 e. The lowest BCUT2D eigenvalue weighted by Crippen LogP contribution is -2.24. The third kappa shape index (κ3) is 6.08. The predicted molar refractivity (Wildman–Crippen MR) is 115 cm³/mol. The molecule has 3 rings (SSSR count). The van der Waals surface area contributed by atoms with Crippen molar-refractivity contribution < 1.29 is 19.4 Å². The molecule has 0 unspecified atom stereocenters. The molecule has 152 valence electrons. The van der Waals surface area contributed by atoms with Crippen LogP contribution in [-0.2, 0) is 6.61 Å². The highest BCUT2D eigenvalue weighted by Crippen LogP contribution is 2.20. The summed E-state index contributed by atoms with van der Waals surface area (Å²) in [4.78, 5) is 22.9. The number of benzene rings is 3. The number of carbonyl (C=O) groups is 2. The van der Waals surface area contributed by atoms with E-state index in [-0.39, 0.29) is 12.2 Å². The van der Waals surface area contributed by atoms with Crippen molar-refractivity contribution in [3.8, 4) is 5.75 Å². The molecule has 3 N–H and O–H groups in total. The van der Waals surface area contributed by atoms with Crippen LogP contribution in [0.1, 0.15) is 21.5 Å². The first-order valence-corrected chi connectivity index (χ1v) is 9.29. The molecule has 0 aliphatic rings. The number of carboxylic acid groups (broad SMARTS) is 1. The summed E-state index contributed by atoms with van der Waals surface area (Å²) in [7, 11) is 0. The molecule has 7 nitrogen and oxygen atoms in total. The highest BCUT2D eigenvalue weighted by atomic mass is 35.5. The third-order valence-electron chi connectivity index (χ3n) is 3.96. The zero-order valence-corrected chi connectivity index (χ0v) is 16.5. The van der Waals surface area contributed by atoms with E-state index >= 15 is 0 Å². The number of hydrogen-bond donors (Lipinski definition) is 3. The van der Waals surface area contributed by atoms with E-state index < -0.39 is 12.0 Å². The van der Waals surface area contributed by atoms with Crippen LogP contribution in [0.3, 0.4) is 0 Å². The quantitative estimate of drug-likeness (QED) is 0.376. The van der Waals surface area contributed by atoms with Crippen molar-refractivity contribution in [2.75, 3.05) is 5.32 Å². The topological polar surface area (TPSA) is 100 Å². The summed E-state index contributed by atoms with van der Waals surface area (Å²) < 4.78 is 5.67. The van der Waals surface area contributed by atoms with Gasteiger partial charge in [0.25, 0.3) is 0 Å². The maximum absolute atomic E-state index is 11.8. The molecule has 30 heavy (non-hydrogen) atoms. The van der Waals surface area contributed by atoms with Gasteiger partial charge in [0.1, 0.15) is 12.4 Å². The van der Waals surface area contributed by atoms with Crippen LogP contribution in [0.15, 0.2) is 77.9 Å².